The van der Waals surface area contributed by atoms with Gasteiger partial charge in [-0.05, 0) is 50.5 Å². The summed E-state index contributed by atoms with van der Waals surface area (Å²) in [5.74, 6) is 0.0476. The highest BCUT2D eigenvalue weighted by atomic mass is 32.2. The van der Waals surface area contributed by atoms with Crippen molar-refractivity contribution in [3.05, 3.63) is 34.6 Å². The maximum Gasteiger partial charge on any atom is 0.321 e. The van der Waals surface area contributed by atoms with E-state index in [9.17, 15) is 14.4 Å². The van der Waals surface area contributed by atoms with Crippen LogP contribution in [0.3, 0.4) is 0 Å². The summed E-state index contributed by atoms with van der Waals surface area (Å²) in [7, 11) is 0. The highest BCUT2D eigenvalue weighted by Gasteiger charge is 2.15. The first-order valence-electron chi connectivity index (χ1n) is 11.3. The monoisotopic (exact) mass is 461 g/mol. The number of thioether (sulfide) groups is 1. The van der Waals surface area contributed by atoms with Gasteiger partial charge in [0.25, 0.3) is 5.56 Å². The molecular formula is C23H35N5O3S. The summed E-state index contributed by atoms with van der Waals surface area (Å²) in [5.41, 5.74) is 0.497. The lowest BCUT2D eigenvalue weighted by atomic mass is 10.1. The number of carbonyl (C=O) groups is 2. The number of hydrogen-bond donors (Lipinski definition) is 2. The van der Waals surface area contributed by atoms with Gasteiger partial charge >= 0.3 is 6.03 Å². The predicted octanol–water partition coefficient (Wildman–Crippen LogP) is 3.09. The van der Waals surface area contributed by atoms with E-state index in [-0.39, 0.29) is 11.3 Å². The largest absolute Gasteiger partial charge is 0.338 e. The molecule has 0 bridgehead atoms. The van der Waals surface area contributed by atoms with Gasteiger partial charge in [-0.15, -0.1) is 0 Å². The summed E-state index contributed by atoms with van der Waals surface area (Å²) < 4.78 is 1.65. The summed E-state index contributed by atoms with van der Waals surface area (Å²) in [6.45, 7) is 12.2. The van der Waals surface area contributed by atoms with Gasteiger partial charge in [-0.3, -0.25) is 19.5 Å². The molecule has 32 heavy (non-hydrogen) atoms. The molecule has 176 valence electrons. The fourth-order valence-corrected chi connectivity index (χ4v) is 4.08. The average Bonchev–Trinajstić information content (AvgIpc) is 2.76. The number of urea groups is 1. The van der Waals surface area contributed by atoms with Gasteiger partial charge in [0.2, 0.25) is 5.91 Å². The average molecular weight is 462 g/mol. The second kappa shape index (κ2) is 13.2. The Bertz CT molecular complexity index is 956. The Morgan fingerprint density at radius 3 is 2.59 bits per heavy atom. The number of hydrogen-bond acceptors (Lipinski definition) is 6. The molecule has 1 aromatic carbocycles. The van der Waals surface area contributed by atoms with Crippen molar-refractivity contribution in [1.29, 1.82) is 0 Å². The van der Waals surface area contributed by atoms with Crippen LogP contribution in [0.4, 0.5) is 4.79 Å². The van der Waals surface area contributed by atoms with Gasteiger partial charge in [-0.25, -0.2) is 9.78 Å². The minimum absolute atomic E-state index is 0.00156. The minimum atomic E-state index is -0.501. The molecule has 0 unspecified atom stereocenters. The molecule has 2 N–H and O–H groups in total. The van der Waals surface area contributed by atoms with Crippen LogP contribution in [0.1, 0.15) is 40.5 Å². The minimum Gasteiger partial charge on any atom is -0.338 e. The number of fused-ring (bicyclic) bond motifs is 1. The van der Waals surface area contributed by atoms with E-state index in [1.54, 1.807) is 16.7 Å². The van der Waals surface area contributed by atoms with Crippen LogP contribution in [0.2, 0.25) is 0 Å². The lowest BCUT2D eigenvalue weighted by molar-refractivity contribution is -0.117. The van der Waals surface area contributed by atoms with Crippen LogP contribution in [0.15, 0.2) is 34.2 Å². The van der Waals surface area contributed by atoms with Crippen molar-refractivity contribution in [2.75, 3.05) is 31.9 Å². The Morgan fingerprint density at radius 2 is 1.91 bits per heavy atom. The Labute approximate surface area is 194 Å². The zero-order chi connectivity index (χ0) is 23.5. The van der Waals surface area contributed by atoms with Crippen LogP contribution in [-0.2, 0) is 11.3 Å². The molecule has 0 saturated heterocycles. The lowest BCUT2D eigenvalue weighted by Crippen LogP contribution is -2.41. The molecule has 2 aromatic rings. The first kappa shape index (κ1) is 25.9. The van der Waals surface area contributed by atoms with Crippen molar-refractivity contribution >= 4 is 34.6 Å². The molecule has 3 amide bonds. The molecule has 0 aliphatic rings. The number of carbonyl (C=O) groups excluding carboxylic acids is 2. The first-order chi connectivity index (χ1) is 15.3. The van der Waals surface area contributed by atoms with Crippen molar-refractivity contribution in [2.24, 2.45) is 5.92 Å². The number of rotatable bonds is 12. The van der Waals surface area contributed by atoms with Gasteiger partial charge < -0.3 is 10.2 Å². The van der Waals surface area contributed by atoms with Gasteiger partial charge in [0.1, 0.15) is 0 Å². The third kappa shape index (κ3) is 7.94. The molecule has 0 fully saturated rings. The fourth-order valence-electron chi connectivity index (χ4n) is 3.26. The van der Waals surface area contributed by atoms with Crippen LogP contribution >= 0.6 is 11.8 Å². The second-order valence-corrected chi connectivity index (χ2v) is 8.97. The molecule has 2 rings (SSSR count). The van der Waals surface area contributed by atoms with Crippen molar-refractivity contribution < 1.29 is 9.59 Å². The highest BCUT2D eigenvalue weighted by molar-refractivity contribution is 7.99. The molecule has 0 atom stereocenters. The number of nitrogens with zero attached hydrogens (tertiary/aromatic N) is 3. The van der Waals surface area contributed by atoms with E-state index in [0.717, 1.165) is 32.5 Å². The van der Waals surface area contributed by atoms with Crippen molar-refractivity contribution in [3.63, 3.8) is 0 Å². The third-order valence-corrected chi connectivity index (χ3v) is 6.15. The van der Waals surface area contributed by atoms with E-state index >= 15 is 0 Å². The standard InChI is InChI=1S/C23H35N5O3S/c1-5-27(6-2)14-9-15-28-21(30)18-10-7-8-11-19(18)25-23(28)32-16-20(29)26-22(31)24-13-12-17(3)4/h7-8,10-11,17H,5-6,9,12-16H2,1-4H3,(H2,24,26,29,31). The lowest BCUT2D eigenvalue weighted by Gasteiger charge is -2.19. The molecule has 0 radical (unpaired) electrons. The van der Waals surface area contributed by atoms with Gasteiger partial charge in [-0.1, -0.05) is 51.6 Å². The van der Waals surface area contributed by atoms with Crippen molar-refractivity contribution in [2.45, 2.75) is 52.2 Å². The van der Waals surface area contributed by atoms with E-state index in [4.69, 9.17) is 0 Å². The summed E-state index contributed by atoms with van der Waals surface area (Å²) in [5, 5.41) is 6.07. The summed E-state index contributed by atoms with van der Waals surface area (Å²) in [6, 6.07) is 6.73. The third-order valence-electron chi connectivity index (χ3n) is 5.17. The topological polar surface area (TPSA) is 96.3 Å². The summed E-state index contributed by atoms with van der Waals surface area (Å²) >= 11 is 1.17. The molecule has 9 heteroatoms. The number of benzene rings is 1. The molecule has 1 heterocycles. The SMILES string of the molecule is CCN(CC)CCCn1c(SCC(=O)NC(=O)NCCC(C)C)nc2ccccc2c1=O. The van der Waals surface area contributed by atoms with E-state index in [0.29, 0.717) is 35.1 Å². The molecule has 0 saturated carbocycles. The maximum atomic E-state index is 13.1. The van der Waals surface area contributed by atoms with Crippen LogP contribution < -0.4 is 16.2 Å². The molecule has 0 aliphatic heterocycles. The number of amides is 3. The summed E-state index contributed by atoms with van der Waals surface area (Å²) in [4.78, 5) is 44.1. The molecule has 1 aromatic heterocycles. The first-order valence-corrected chi connectivity index (χ1v) is 12.3. The molecule has 0 aliphatic carbocycles. The van der Waals surface area contributed by atoms with Crippen molar-refractivity contribution in [1.82, 2.24) is 25.1 Å². The van der Waals surface area contributed by atoms with Gasteiger partial charge in [0.15, 0.2) is 5.16 Å². The number of nitrogens with one attached hydrogen (secondary N) is 2. The van der Waals surface area contributed by atoms with Gasteiger partial charge in [0.05, 0.1) is 16.7 Å². The number of aromatic nitrogens is 2. The van der Waals surface area contributed by atoms with E-state index in [1.165, 1.54) is 11.8 Å². The van der Waals surface area contributed by atoms with E-state index in [1.807, 2.05) is 12.1 Å². The Kier molecular flexibility index (Phi) is 10.7. The van der Waals surface area contributed by atoms with Crippen LogP contribution in [-0.4, -0.2) is 58.3 Å². The second-order valence-electron chi connectivity index (χ2n) is 8.02. The predicted molar refractivity (Wildman–Crippen MR) is 130 cm³/mol. The Hall–Kier alpha value is -2.39. The van der Waals surface area contributed by atoms with Crippen LogP contribution in [0.25, 0.3) is 10.9 Å². The molecule has 8 nitrogen and oxygen atoms in total. The zero-order valence-electron chi connectivity index (χ0n) is 19.5. The number of imide groups is 1. The number of para-hydroxylation sites is 1. The van der Waals surface area contributed by atoms with Crippen molar-refractivity contribution in [3.8, 4) is 0 Å². The Balaban J connectivity index is 2.07. The van der Waals surface area contributed by atoms with Gasteiger partial charge in [0, 0.05) is 13.1 Å². The fraction of sp³-hybridized carbons (Fsp3) is 0.565. The summed E-state index contributed by atoms with van der Waals surface area (Å²) in [6.07, 6.45) is 1.65. The molecular weight excluding hydrogens is 426 g/mol. The van der Waals surface area contributed by atoms with Crippen LogP contribution in [0.5, 0.6) is 0 Å². The zero-order valence-corrected chi connectivity index (χ0v) is 20.3. The Morgan fingerprint density at radius 1 is 1.19 bits per heavy atom. The quantitative estimate of drug-likeness (QED) is 0.372. The smallest absolute Gasteiger partial charge is 0.321 e. The molecule has 0 spiro atoms. The maximum absolute atomic E-state index is 13.1. The highest BCUT2D eigenvalue weighted by Crippen LogP contribution is 2.18. The van der Waals surface area contributed by atoms with E-state index < -0.39 is 11.9 Å². The van der Waals surface area contributed by atoms with Crippen LogP contribution in [0, 0.1) is 5.92 Å². The van der Waals surface area contributed by atoms with Gasteiger partial charge in [-0.2, -0.15) is 0 Å². The van der Waals surface area contributed by atoms with E-state index in [2.05, 4.69) is 48.2 Å². The normalized spacial score (nSPS) is 11.3.